The second-order valence-electron chi connectivity index (χ2n) is 6.70. The van der Waals surface area contributed by atoms with E-state index in [-0.39, 0.29) is 36.2 Å². The Hall–Kier alpha value is -1.59. The topological polar surface area (TPSA) is 75.4 Å². The molecule has 2 amide bonds. The first-order chi connectivity index (χ1) is 11.1. The van der Waals surface area contributed by atoms with Gasteiger partial charge in [-0.1, -0.05) is 25.3 Å². The van der Waals surface area contributed by atoms with Gasteiger partial charge in [-0.2, -0.15) is 0 Å². The van der Waals surface area contributed by atoms with E-state index in [0.29, 0.717) is 24.3 Å². The van der Waals surface area contributed by atoms with Gasteiger partial charge in [-0.25, -0.2) is 0 Å². The van der Waals surface area contributed by atoms with E-state index in [4.69, 9.17) is 5.73 Å². The van der Waals surface area contributed by atoms with Crippen LogP contribution in [0, 0.1) is 5.92 Å². The highest BCUT2D eigenvalue weighted by molar-refractivity contribution is 5.97. The highest BCUT2D eigenvalue weighted by atomic mass is 35.5. The fourth-order valence-corrected chi connectivity index (χ4v) is 3.49. The molecule has 1 aliphatic carbocycles. The zero-order valence-corrected chi connectivity index (χ0v) is 14.7. The maximum absolute atomic E-state index is 12.5. The van der Waals surface area contributed by atoms with Gasteiger partial charge in [-0.15, -0.1) is 12.4 Å². The number of halogens is 1. The third-order valence-electron chi connectivity index (χ3n) is 4.86. The Labute approximate surface area is 149 Å². The number of nitrogens with one attached hydrogen (secondary N) is 1. The summed E-state index contributed by atoms with van der Waals surface area (Å²) in [6.07, 6.45) is 6.28. The number of carbonyl (C=O) groups is 2. The van der Waals surface area contributed by atoms with Gasteiger partial charge in [0.1, 0.15) is 0 Å². The van der Waals surface area contributed by atoms with Gasteiger partial charge in [-0.3, -0.25) is 9.59 Å². The molecule has 2 aliphatic rings. The van der Waals surface area contributed by atoms with Crippen molar-refractivity contribution >= 4 is 29.9 Å². The summed E-state index contributed by atoms with van der Waals surface area (Å²) in [6.45, 7) is 1.32. The number of nitrogens with two attached hydrogens (primary N) is 1. The molecule has 0 radical (unpaired) electrons. The number of hydrogen-bond acceptors (Lipinski definition) is 3. The van der Waals surface area contributed by atoms with Gasteiger partial charge in [0.25, 0.3) is 5.91 Å². The first-order valence-electron chi connectivity index (χ1n) is 8.59. The smallest absolute Gasteiger partial charge is 0.253 e. The summed E-state index contributed by atoms with van der Waals surface area (Å²) in [5.74, 6) is 0.184. The zero-order chi connectivity index (χ0) is 16.2. The van der Waals surface area contributed by atoms with E-state index in [1.165, 1.54) is 6.42 Å². The second-order valence-corrected chi connectivity index (χ2v) is 6.70. The Balaban J connectivity index is 0.00000208. The highest BCUT2D eigenvalue weighted by Gasteiger charge is 2.25. The lowest BCUT2D eigenvalue weighted by Gasteiger charge is -2.21. The van der Waals surface area contributed by atoms with Gasteiger partial charge in [0.05, 0.1) is 0 Å². The van der Waals surface area contributed by atoms with Crippen LogP contribution in [0.25, 0.3) is 0 Å². The number of nitrogens with zero attached hydrogens (tertiary/aromatic N) is 1. The molecule has 2 fully saturated rings. The number of amides is 2. The van der Waals surface area contributed by atoms with Crippen molar-refractivity contribution in [2.24, 2.45) is 11.7 Å². The van der Waals surface area contributed by atoms with Crippen LogP contribution in [0.4, 0.5) is 5.69 Å². The normalized spacial score (nSPS) is 21.2. The molecule has 0 bridgehead atoms. The molecule has 24 heavy (non-hydrogen) atoms. The maximum atomic E-state index is 12.5. The lowest BCUT2D eigenvalue weighted by atomic mass is 9.88. The summed E-state index contributed by atoms with van der Waals surface area (Å²) >= 11 is 0. The second kappa shape index (κ2) is 8.49. The number of carbonyl (C=O) groups excluding carboxylic acids is 2. The van der Waals surface area contributed by atoms with Gasteiger partial charge in [0.15, 0.2) is 0 Å². The molecule has 1 aromatic carbocycles. The third-order valence-corrected chi connectivity index (χ3v) is 4.86. The maximum Gasteiger partial charge on any atom is 0.253 e. The van der Waals surface area contributed by atoms with Crippen LogP contribution in [-0.2, 0) is 4.79 Å². The van der Waals surface area contributed by atoms with Crippen molar-refractivity contribution in [3.05, 3.63) is 29.8 Å². The van der Waals surface area contributed by atoms with Crippen LogP contribution in [0.3, 0.4) is 0 Å². The molecular formula is C18H26ClN3O2. The fourth-order valence-electron chi connectivity index (χ4n) is 3.49. The summed E-state index contributed by atoms with van der Waals surface area (Å²) in [5.41, 5.74) is 7.18. The number of benzene rings is 1. The van der Waals surface area contributed by atoms with Gasteiger partial charge in [-0.05, 0) is 37.5 Å². The average molecular weight is 352 g/mol. The quantitative estimate of drug-likeness (QED) is 0.879. The van der Waals surface area contributed by atoms with Crippen molar-refractivity contribution in [3.8, 4) is 0 Å². The monoisotopic (exact) mass is 351 g/mol. The van der Waals surface area contributed by atoms with Gasteiger partial charge in [0, 0.05) is 36.3 Å². The number of anilines is 1. The molecule has 0 unspecified atom stereocenters. The summed E-state index contributed by atoms with van der Waals surface area (Å²) in [5, 5.41) is 2.97. The summed E-state index contributed by atoms with van der Waals surface area (Å²) in [4.78, 5) is 26.6. The van der Waals surface area contributed by atoms with Crippen molar-refractivity contribution in [1.29, 1.82) is 0 Å². The van der Waals surface area contributed by atoms with Crippen molar-refractivity contribution in [2.75, 3.05) is 18.4 Å². The summed E-state index contributed by atoms with van der Waals surface area (Å²) < 4.78 is 0. The minimum atomic E-state index is -0.00767. The molecule has 132 valence electrons. The number of hydrogen-bond donors (Lipinski definition) is 2. The minimum absolute atomic E-state index is 0. The Morgan fingerprint density at radius 3 is 2.54 bits per heavy atom. The molecule has 0 spiro atoms. The standard InChI is InChI=1S/C18H25N3O2.ClH/c19-15-9-10-21(12-15)18(23)14-7-4-8-16(11-14)20-17(22)13-5-2-1-3-6-13;/h4,7-8,11,13,15H,1-3,5-6,9-10,12,19H2,(H,20,22);1H/t15-;/m1./s1. The van der Waals surface area contributed by atoms with Crippen molar-refractivity contribution < 1.29 is 9.59 Å². The Kier molecular flexibility index (Phi) is 6.63. The number of rotatable bonds is 3. The first kappa shape index (κ1) is 18.7. The highest BCUT2D eigenvalue weighted by Crippen LogP contribution is 2.25. The average Bonchev–Trinajstić information content (AvgIpc) is 3.01. The Morgan fingerprint density at radius 2 is 1.88 bits per heavy atom. The van der Waals surface area contributed by atoms with E-state index in [9.17, 15) is 9.59 Å². The Bertz CT molecular complexity index is 587. The molecule has 1 aliphatic heterocycles. The Morgan fingerprint density at radius 1 is 1.12 bits per heavy atom. The first-order valence-corrected chi connectivity index (χ1v) is 8.59. The van der Waals surface area contributed by atoms with Crippen molar-refractivity contribution in [3.63, 3.8) is 0 Å². The molecule has 1 atom stereocenters. The van der Waals surface area contributed by atoms with Crippen molar-refractivity contribution in [1.82, 2.24) is 4.90 Å². The lowest BCUT2D eigenvalue weighted by molar-refractivity contribution is -0.120. The molecule has 0 aromatic heterocycles. The van der Waals surface area contributed by atoms with E-state index in [1.807, 2.05) is 12.1 Å². The number of likely N-dealkylation sites (tertiary alicyclic amines) is 1. The van der Waals surface area contributed by atoms with Crippen LogP contribution in [0.2, 0.25) is 0 Å². The van der Waals surface area contributed by atoms with E-state index in [2.05, 4.69) is 5.32 Å². The SMILES string of the molecule is Cl.N[C@@H]1CCN(C(=O)c2cccc(NC(=O)C3CCCCC3)c2)C1. The summed E-state index contributed by atoms with van der Waals surface area (Å²) in [6, 6.07) is 7.30. The molecule has 1 heterocycles. The molecular weight excluding hydrogens is 326 g/mol. The largest absolute Gasteiger partial charge is 0.337 e. The predicted molar refractivity (Wildman–Crippen MR) is 97.4 cm³/mol. The van der Waals surface area contributed by atoms with Crippen LogP contribution in [0.15, 0.2) is 24.3 Å². The molecule has 6 heteroatoms. The molecule has 1 saturated carbocycles. The van der Waals surface area contributed by atoms with Gasteiger partial charge >= 0.3 is 0 Å². The predicted octanol–water partition coefficient (Wildman–Crippen LogP) is 2.80. The van der Waals surface area contributed by atoms with E-state index in [1.54, 1.807) is 17.0 Å². The molecule has 1 saturated heterocycles. The van der Waals surface area contributed by atoms with Crippen LogP contribution >= 0.6 is 12.4 Å². The van der Waals surface area contributed by atoms with Gasteiger partial charge < -0.3 is 16.0 Å². The fraction of sp³-hybridized carbons (Fsp3) is 0.556. The molecule has 3 rings (SSSR count). The zero-order valence-electron chi connectivity index (χ0n) is 13.9. The molecule has 3 N–H and O–H groups in total. The van der Waals surface area contributed by atoms with Crippen LogP contribution in [-0.4, -0.2) is 35.8 Å². The molecule has 1 aromatic rings. The van der Waals surface area contributed by atoms with Crippen LogP contribution in [0.1, 0.15) is 48.9 Å². The van der Waals surface area contributed by atoms with Crippen molar-refractivity contribution in [2.45, 2.75) is 44.6 Å². The van der Waals surface area contributed by atoms with Crippen LogP contribution in [0.5, 0.6) is 0 Å². The minimum Gasteiger partial charge on any atom is -0.337 e. The third kappa shape index (κ3) is 4.48. The van der Waals surface area contributed by atoms with E-state index >= 15 is 0 Å². The molecule has 5 nitrogen and oxygen atoms in total. The lowest BCUT2D eigenvalue weighted by Crippen LogP contribution is -2.32. The van der Waals surface area contributed by atoms with E-state index in [0.717, 1.165) is 32.1 Å². The van der Waals surface area contributed by atoms with Crippen LogP contribution < -0.4 is 11.1 Å². The summed E-state index contributed by atoms with van der Waals surface area (Å²) in [7, 11) is 0. The van der Waals surface area contributed by atoms with E-state index < -0.39 is 0 Å². The van der Waals surface area contributed by atoms with Gasteiger partial charge in [0.2, 0.25) is 5.91 Å².